The Balaban J connectivity index is 1.79. The molecule has 0 aromatic heterocycles. The van der Waals surface area contributed by atoms with E-state index in [1.54, 1.807) is 12.1 Å². The Kier molecular flexibility index (Phi) is 7.76. The van der Waals surface area contributed by atoms with Crippen molar-refractivity contribution in [1.82, 2.24) is 14.5 Å². The highest BCUT2D eigenvalue weighted by Crippen LogP contribution is 2.44. The van der Waals surface area contributed by atoms with Crippen molar-refractivity contribution in [3.63, 3.8) is 0 Å². The zero-order valence-corrected chi connectivity index (χ0v) is 19.8. The highest BCUT2D eigenvalue weighted by Gasteiger charge is 2.47. The van der Waals surface area contributed by atoms with E-state index in [0.717, 1.165) is 51.6 Å². The first-order valence-electron chi connectivity index (χ1n) is 11.3. The van der Waals surface area contributed by atoms with Crippen molar-refractivity contribution in [2.24, 2.45) is 11.3 Å². The Labute approximate surface area is 186 Å². The first kappa shape index (κ1) is 24.1. The number of rotatable bonds is 7. The van der Waals surface area contributed by atoms with Gasteiger partial charge in [0.2, 0.25) is 15.9 Å². The van der Waals surface area contributed by atoms with E-state index in [-0.39, 0.29) is 36.1 Å². The Hall–Kier alpha value is -1.51. The van der Waals surface area contributed by atoms with Crippen molar-refractivity contribution < 1.29 is 17.6 Å². The van der Waals surface area contributed by atoms with Gasteiger partial charge in [0.1, 0.15) is 5.82 Å². The molecular weight excluding hydrogens is 417 g/mol. The van der Waals surface area contributed by atoms with Gasteiger partial charge in [-0.05, 0) is 67.8 Å². The minimum atomic E-state index is -3.37. The third-order valence-corrected chi connectivity index (χ3v) is 7.43. The van der Waals surface area contributed by atoms with E-state index in [4.69, 9.17) is 0 Å². The summed E-state index contributed by atoms with van der Waals surface area (Å²) < 4.78 is 40.0. The van der Waals surface area contributed by atoms with E-state index in [1.165, 1.54) is 12.1 Å². The van der Waals surface area contributed by atoms with Gasteiger partial charge in [-0.3, -0.25) is 4.79 Å². The van der Waals surface area contributed by atoms with Crippen LogP contribution in [0.2, 0.25) is 0 Å². The van der Waals surface area contributed by atoms with Gasteiger partial charge in [0.15, 0.2) is 0 Å². The van der Waals surface area contributed by atoms with Crippen LogP contribution < -0.4 is 4.72 Å². The van der Waals surface area contributed by atoms with Gasteiger partial charge in [0.25, 0.3) is 0 Å². The van der Waals surface area contributed by atoms with E-state index in [2.05, 4.69) is 23.5 Å². The third kappa shape index (κ3) is 6.49. The summed E-state index contributed by atoms with van der Waals surface area (Å²) in [5, 5.41) is 0. The lowest BCUT2D eigenvalue weighted by Crippen LogP contribution is -2.61. The summed E-state index contributed by atoms with van der Waals surface area (Å²) in [6.45, 7) is 8.29. The monoisotopic (exact) mass is 453 g/mol. The van der Waals surface area contributed by atoms with E-state index < -0.39 is 10.0 Å². The van der Waals surface area contributed by atoms with Crippen LogP contribution in [0.1, 0.15) is 45.1 Å². The molecule has 2 aliphatic heterocycles. The fraction of sp³-hybridized carbons (Fsp3) is 0.696. The van der Waals surface area contributed by atoms with Crippen molar-refractivity contribution >= 4 is 15.9 Å². The van der Waals surface area contributed by atoms with Crippen molar-refractivity contribution in [2.45, 2.75) is 52.0 Å². The second kappa shape index (κ2) is 9.96. The zero-order chi connectivity index (χ0) is 22.6. The summed E-state index contributed by atoms with van der Waals surface area (Å²) in [6.07, 6.45) is 5.12. The molecule has 0 unspecified atom stereocenters. The average Bonchev–Trinajstić information content (AvgIpc) is 2.67. The largest absolute Gasteiger partial charge is 0.338 e. The standard InChI is InChI=1S/C23H36FN3O3S/c1-18(2)17-26-12-9-23(10-13-26)8-5-11-27(21(23)16-25-31(3,29)30)22(28)15-19-6-4-7-20(24)14-19/h4,6-7,14,18,21,25H,5,8-13,15-17H2,1-3H3/t21-/m0/s1. The Morgan fingerprint density at radius 1 is 1.23 bits per heavy atom. The number of hydrogen-bond acceptors (Lipinski definition) is 4. The average molecular weight is 454 g/mol. The second-order valence-electron chi connectivity index (χ2n) is 9.69. The lowest BCUT2D eigenvalue weighted by molar-refractivity contribution is -0.141. The number of carbonyl (C=O) groups excluding carboxylic acids is 1. The van der Waals surface area contributed by atoms with Gasteiger partial charge >= 0.3 is 0 Å². The number of piperidine rings is 2. The van der Waals surface area contributed by atoms with Crippen LogP contribution in [-0.2, 0) is 21.2 Å². The first-order chi connectivity index (χ1) is 14.6. The summed E-state index contributed by atoms with van der Waals surface area (Å²) in [4.78, 5) is 17.6. The van der Waals surface area contributed by atoms with Gasteiger partial charge in [0, 0.05) is 19.6 Å². The number of hydrogen-bond donors (Lipinski definition) is 1. The molecule has 1 atom stereocenters. The highest BCUT2D eigenvalue weighted by atomic mass is 32.2. The molecule has 0 aliphatic carbocycles. The summed E-state index contributed by atoms with van der Waals surface area (Å²) in [7, 11) is -3.37. The normalized spacial score (nSPS) is 22.2. The molecule has 3 rings (SSSR count). The van der Waals surface area contributed by atoms with E-state index >= 15 is 0 Å². The molecule has 8 heteroatoms. The number of nitrogens with zero attached hydrogens (tertiary/aromatic N) is 2. The van der Waals surface area contributed by atoms with Crippen LogP contribution in [0.15, 0.2) is 24.3 Å². The number of amides is 1. The Bertz CT molecular complexity index is 867. The van der Waals surface area contributed by atoms with Gasteiger partial charge in [-0.2, -0.15) is 0 Å². The smallest absolute Gasteiger partial charge is 0.227 e. The number of nitrogens with one attached hydrogen (secondary N) is 1. The topological polar surface area (TPSA) is 69.7 Å². The van der Waals surface area contributed by atoms with Gasteiger partial charge < -0.3 is 9.80 Å². The quantitative estimate of drug-likeness (QED) is 0.689. The predicted octanol–water partition coefficient (Wildman–Crippen LogP) is 2.65. The predicted molar refractivity (Wildman–Crippen MR) is 121 cm³/mol. The van der Waals surface area contributed by atoms with Crippen molar-refractivity contribution in [3.05, 3.63) is 35.6 Å². The third-order valence-electron chi connectivity index (χ3n) is 6.74. The van der Waals surface area contributed by atoms with Crippen LogP contribution in [0.5, 0.6) is 0 Å². The zero-order valence-electron chi connectivity index (χ0n) is 18.9. The second-order valence-corrected chi connectivity index (χ2v) is 11.5. The molecule has 6 nitrogen and oxygen atoms in total. The number of benzene rings is 1. The Morgan fingerprint density at radius 2 is 1.94 bits per heavy atom. The van der Waals surface area contributed by atoms with E-state index in [0.29, 0.717) is 18.0 Å². The molecule has 1 aromatic carbocycles. The molecule has 2 heterocycles. The van der Waals surface area contributed by atoms with Gasteiger partial charge in [-0.25, -0.2) is 17.5 Å². The molecule has 0 saturated carbocycles. The molecular formula is C23H36FN3O3S. The van der Waals surface area contributed by atoms with E-state index in [1.807, 2.05) is 4.90 Å². The lowest BCUT2D eigenvalue weighted by atomic mass is 9.66. The van der Waals surface area contributed by atoms with Gasteiger partial charge in [-0.15, -0.1) is 0 Å². The summed E-state index contributed by atoms with van der Waals surface area (Å²) in [5.74, 6) is 0.190. The van der Waals surface area contributed by atoms with E-state index in [9.17, 15) is 17.6 Å². The molecule has 1 N–H and O–H groups in total. The molecule has 0 bridgehead atoms. The summed E-state index contributed by atoms with van der Waals surface area (Å²) in [5.41, 5.74) is 0.562. The van der Waals surface area contributed by atoms with Crippen LogP contribution in [0.25, 0.3) is 0 Å². The van der Waals surface area contributed by atoms with Crippen molar-refractivity contribution in [3.8, 4) is 0 Å². The molecule has 2 aliphatic rings. The van der Waals surface area contributed by atoms with Crippen LogP contribution in [0.3, 0.4) is 0 Å². The van der Waals surface area contributed by atoms with Gasteiger partial charge in [0.05, 0.1) is 18.7 Å². The summed E-state index contributed by atoms with van der Waals surface area (Å²) in [6, 6.07) is 5.95. The van der Waals surface area contributed by atoms with Crippen LogP contribution in [-0.4, -0.2) is 69.1 Å². The maximum Gasteiger partial charge on any atom is 0.227 e. The number of halogens is 1. The Morgan fingerprint density at radius 3 is 2.55 bits per heavy atom. The van der Waals surface area contributed by atoms with Crippen LogP contribution >= 0.6 is 0 Å². The number of likely N-dealkylation sites (tertiary alicyclic amines) is 2. The minimum absolute atomic E-state index is 0.0606. The van der Waals surface area contributed by atoms with Gasteiger partial charge in [-0.1, -0.05) is 26.0 Å². The van der Waals surface area contributed by atoms with Crippen LogP contribution in [0, 0.1) is 17.2 Å². The SMILES string of the molecule is CC(C)CN1CCC2(CCCN(C(=O)Cc3cccc(F)c3)[C@H]2CNS(C)(=O)=O)CC1. The molecule has 2 saturated heterocycles. The maximum atomic E-state index is 13.6. The fourth-order valence-corrected chi connectivity index (χ4v) is 5.77. The molecule has 0 radical (unpaired) electrons. The molecule has 174 valence electrons. The fourth-order valence-electron chi connectivity index (χ4n) is 5.31. The molecule has 1 spiro atoms. The number of sulfonamides is 1. The molecule has 1 aromatic rings. The maximum absolute atomic E-state index is 13.6. The summed E-state index contributed by atoms with van der Waals surface area (Å²) >= 11 is 0. The molecule has 1 amide bonds. The molecule has 2 fully saturated rings. The lowest BCUT2D eigenvalue weighted by Gasteiger charge is -2.54. The number of carbonyl (C=O) groups is 1. The molecule has 31 heavy (non-hydrogen) atoms. The van der Waals surface area contributed by atoms with Crippen molar-refractivity contribution in [1.29, 1.82) is 0 Å². The van der Waals surface area contributed by atoms with Crippen LogP contribution in [0.4, 0.5) is 4.39 Å². The highest BCUT2D eigenvalue weighted by molar-refractivity contribution is 7.88. The minimum Gasteiger partial charge on any atom is -0.338 e. The first-order valence-corrected chi connectivity index (χ1v) is 13.2. The van der Waals surface area contributed by atoms with Crippen molar-refractivity contribution in [2.75, 3.05) is 39.0 Å².